The highest BCUT2D eigenvalue weighted by Crippen LogP contribution is 2.36. The van der Waals surface area contributed by atoms with Crippen LogP contribution in [0.3, 0.4) is 0 Å². The zero-order chi connectivity index (χ0) is 22.1. The van der Waals surface area contributed by atoms with E-state index < -0.39 is 23.4 Å². The van der Waals surface area contributed by atoms with Gasteiger partial charge in [0, 0.05) is 32.2 Å². The maximum atomic E-state index is 14.5. The van der Waals surface area contributed by atoms with Crippen LogP contribution in [-0.4, -0.2) is 61.4 Å². The van der Waals surface area contributed by atoms with Crippen LogP contribution in [0.4, 0.5) is 14.5 Å². The van der Waals surface area contributed by atoms with Crippen LogP contribution in [-0.2, 0) is 9.59 Å². The van der Waals surface area contributed by atoms with E-state index in [1.54, 1.807) is 24.3 Å². The molecule has 4 rings (SSSR count). The molecule has 8 heteroatoms. The second-order valence-corrected chi connectivity index (χ2v) is 7.41. The minimum absolute atomic E-state index is 0.182. The average Bonchev–Trinajstić information content (AvgIpc) is 3.05. The molecule has 2 amide bonds. The van der Waals surface area contributed by atoms with Crippen molar-refractivity contribution in [2.45, 2.75) is 6.92 Å². The normalized spacial score (nSPS) is 17.7. The van der Waals surface area contributed by atoms with Crippen LogP contribution in [0.25, 0.3) is 5.57 Å². The SMILES string of the molecule is CCN1CCN(C2=C(c3ccc(OC)cc3)C(=O)N(c3cc(F)ccc3F)C2=O)CC1. The van der Waals surface area contributed by atoms with Crippen LogP contribution >= 0.6 is 0 Å². The molecular formula is C23H23F2N3O3. The van der Waals surface area contributed by atoms with Crippen molar-refractivity contribution >= 4 is 23.1 Å². The van der Waals surface area contributed by atoms with Crippen molar-refractivity contribution in [2.75, 3.05) is 44.7 Å². The van der Waals surface area contributed by atoms with Crippen molar-refractivity contribution in [1.82, 2.24) is 9.80 Å². The standard InChI is InChI=1S/C23H23F2N3O3/c1-3-26-10-12-27(13-11-26)21-20(15-4-7-17(31-2)8-5-15)22(29)28(23(21)30)19-14-16(24)6-9-18(19)25/h4-9,14H,3,10-13H2,1-2H3. The summed E-state index contributed by atoms with van der Waals surface area (Å²) in [6.45, 7) is 5.56. The van der Waals surface area contributed by atoms with E-state index in [1.807, 2.05) is 4.90 Å². The zero-order valence-electron chi connectivity index (χ0n) is 17.4. The molecule has 2 aliphatic rings. The summed E-state index contributed by atoms with van der Waals surface area (Å²) in [5.74, 6) is -2.28. The lowest BCUT2D eigenvalue weighted by Crippen LogP contribution is -2.47. The molecule has 31 heavy (non-hydrogen) atoms. The number of benzene rings is 2. The fraction of sp³-hybridized carbons (Fsp3) is 0.304. The Morgan fingerprint density at radius 2 is 1.61 bits per heavy atom. The third-order valence-electron chi connectivity index (χ3n) is 5.72. The van der Waals surface area contributed by atoms with Gasteiger partial charge in [-0.1, -0.05) is 19.1 Å². The number of methoxy groups -OCH3 is 1. The first-order valence-electron chi connectivity index (χ1n) is 10.1. The van der Waals surface area contributed by atoms with E-state index in [-0.39, 0.29) is 17.0 Å². The predicted octanol–water partition coefficient (Wildman–Crippen LogP) is 2.90. The molecule has 2 heterocycles. The number of piperazine rings is 1. The third-order valence-corrected chi connectivity index (χ3v) is 5.72. The summed E-state index contributed by atoms with van der Waals surface area (Å²) < 4.78 is 33.5. The van der Waals surface area contributed by atoms with Crippen LogP contribution in [0.2, 0.25) is 0 Å². The summed E-state index contributed by atoms with van der Waals surface area (Å²) in [6.07, 6.45) is 0. The van der Waals surface area contributed by atoms with Gasteiger partial charge < -0.3 is 14.5 Å². The maximum absolute atomic E-state index is 14.5. The monoisotopic (exact) mass is 427 g/mol. The molecule has 0 radical (unpaired) electrons. The van der Waals surface area contributed by atoms with Gasteiger partial charge in [0.15, 0.2) is 0 Å². The summed E-state index contributed by atoms with van der Waals surface area (Å²) in [5, 5.41) is 0. The molecule has 1 saturated heterocycles. The topological polar surface area (TPSA) is 53.1 Å². The molecule has 1 fully saturated rings. The molecule has 0 spiro atoms. The fourth-order valence-electron chi connectivity index (χ4n) is 3.99. The van der Waals surface area contributed by atoms with Gasteiger partial charge in [-0.05, 0) is 36.4 Å². The molecule has 0 atom stereocenters. The quantitative estimate of drug-likeness (QED) is 0.687. The number of anilines is 1. The van der Waals surface area contributed by atoms with Gasteiger partial charge in [0.05, 0.1) is 18.4 Å². The molecule has 162 valence electrons. The Labute approximate surface area is 179 Å². The van der Waals surface area contributed by atoms with Crippen molar-refractivity contribution in [3.8, 4) is 5.75 Å². The van der Waals surface area contributed by atoms with E-state index in [0.29, 0.717) is 24.4 Å². The third kappa shape index (κ3) is 3.79. The highest BCUT2D eigenvalue weighted by atomic mass is 19.1. The van der Waals surface area contributed by atoms with E-state index in [0.717, 1.165) is 42.7 Å². The summed E-state index contributed by atoms with van der Waals surface area (Å²) in [7, 11) is 1.53. The van der Waals surface area contributed by atoms with E-state index in [9.17, 15) is 18.4 Å². The van der Waals surface area contributed by atoms with Gasteiger partial charge >= 0.3 is 0 Å². The Kier molecular flexibility index (Phi) is 5.73. The summed E-state index contributed by atoms with van der Waals surface area (Å²) in [4.78, 5) is 31.7. The average molecular weight is 427 g/mol. The fourth-order valence-corrected chi connectivity index (χ4v) is 3.99. The lowest BCUT2D eigenvalue weighted by atomic mass is 10.0. The number of nitrogens with zero attached hydrogens (tertiary/aromatic N) is 3. The lowest BCUT2D eigenvalue weighted by Gasteiger charge is -2.36. The number of hydrogen-bond donors (Lipinski definition) is 0. The molecule has 0 aromatic heterocycles. The van der Waals surface area contributed by atoms with E-state index in [2.05, 4.69) is 11.8 Å². The minimum atomic E-state index is -0.839. The highest BCUT2D eigenvalue weighted by Gasteiger charge is 2.44. The van der Waals surface area contributed by atoms with Gasteiger partial charge in [0.25, 0.3) is 11.8 Å². The summed E-state index contributed by atoms with van der Waals surface area (Å²) >= 11 is 0. The Morgan fingerprint density at radius 3 is 2.23 bits per heavy atom. The van der Waals surface area contributed by atoms with Crippen LogP contribution in [0.1, 0.15) is 12.5 Å². The van der Waals surface area contributed by atoms with Crippen molar-refractivity contribution in [2.24, 2.45) is 0 Å². The number of likely N-dealkylation sites (N-methyl/N-ethyl adjacent to an activating group) is 1. The Morgan fingerprint density at radius 1 is 0.935 bits per heavy atom. The van der Waals surface area contributed by atoms with Gasteiger partial charge in [0.2, 0.25) is 0 Å². The van der Waals surface area contributed by atoms with Gasteiger partial charge in [-0.2, -0.15) is 0 Å². The number of rotatable bonds is 5. The van der Waals surface area contributed by atoms with Crippen molar-refractivity contribution in [1.29, 1.82) is 0 Å². The maximum Gasteiger partial charge on any atom is 0.282 e. The molecule has 0 bridgehead atoms. The number of carbonyl (C=O) groups excluding carboxylic acids is 2. The van der Waals surface area contributed by atoms with Crippen molar-refractivity contribution in [3.05, 3.63) is 65.4 Å². The van der Waals surface area contributed by atoms with Gasteiger partial charge in [-0.3, -0.25) is 9.59 Å². The molecule has 0 unspecified atom stereocenters. The molecule has 0 N–H and O–H groups in total. The van der Waals surface area contributed by atoms with E-state index in [1.165, 1.54) is 7.11 Å². The Bertz CT molecular complexity index is 1040. The minimum Gasteiger partial charge on any atom is -0.497 e. The first-order chi connectivity index (χ1) is 14.9. The second kappa shape index (κ2) is 8.47. The number of ether oxygens (including phenoxy) is 1. The predicted molar refractivity (Wildman–Crippen MR) is 112 cm³/mol. The zero-order valence-corrected chi connectivity index (χ0v) is 17.4. The largest absolute Gasteiger partial charge is 0.497 e. The number of carbonyl (C=O) groups is 2. The molecular weight excluding hydrogens is 404 g/mol. The number of halogens is 2. The molecule has 2 aliphatic heterocycles. The van der Waals surface area contributed by atoms with Crippen molar-refractivity contribution in [3.63, 3.8) is 0 Å². The Hall–Kier alpha value is -3.26. The van der Waals surface area contributed by atoms with E-state index in [4.69, 9.17) is 4.74 Å². The Balaban J connectivity index is 1.80. The smallest absolute Gasteiger partial charge is 0.282 e. The van der Waals surface area contributed by atoms with Crippen LogP contribution in [0.5, 0.6) is 5.75 Å². The summed E-state index contributed by atoms with van der Waals surface area (Å²) in [6, 6.07) is 9.49. The van der Waals surface area contributed by atoms with Crippen LogP contribution in [0, 0.1) is 11.6 Å². The number of hydrogen-bond acceptors (Lipinski definition) is 5. The van der Waals surface area contributed by atoms with Gasteiger partial charge in [0.1, 0.15) is 23.1 Å². The molecule has 0 aliphatic carbocycles. The van der Waals surface area contributed by atoms with Gasteiger partial charge in [-0.25, -0.2) is 13.7 Å². The first-order valence-corrected chi connectivity index (χ1v) is 10.1. The van der Waals surface area contributed by atoms with Crippen molar-refractivity contribution < 1.29 is 23.1 Å². The lowest BCUT2D eigenvalue weighted by molar-refractivity contribution is -0.120. The number of amides is 2. The van der Waals surface area contributed by atoms with Crippen LogP contribution < -0.4 is 9.64 Å². The van der Waals surface area contributed by atoms with E-state index >= 15 is 0 Å². The first kappa shape index (κ1) is 21.0. The molecule has 2 aromatic carbocycles. The molecule has 0 saturated carbocycles. The van der Waals surface area contributed by atoms with Crippen LogP contribution in [0.15, 0.2) is 48.2 Å². The second-order valence-electron chi connectivity index (χ2n) is 7.41. The summed E-state index contributed by atoms with van der Waals surface area (Å²) in [5.41, 5.74) is 0.533. The van der Waals surface area contributed by atoms with Gasteiger partial charge in [-0.15, -0.1) is 0 Å². The molecule has 2 aromatic rings. The highest BCUT2D eigenvalue weighted by molar-refractivity contribution is 6.45. The number of imide groups is 1. The molecule has 6 nitrogen and oxygen atoms in total.